The Kier molecular flexibility index (Phi) is 5.25. The van der Waals surface area contributed by atoms with Crippen LogP contribution in [0, 0.1) is 5.82 Å². The summed E-state index contributed by atoms with van der Waals surface area (Å²) < 4.78 is 18.5. The fraction of sp³-hybridized carbons (Fsp3) is 0.353. The van der Waals surface area contributed by atoms with E-state index in [1.165, 1.54) is 25.0 Å². The second kappa shape index (κ2) is 7.57. The number of thiocarbonyl (C=S) groups is 1. The van der Waals surface area contributed by atoms with Gasteiger partial charge in [-0.1, -0.05) is 0 Å². The van der Waals surface area contributed by atoms with E-state index in [-0.39, 0.29) is 11.9 Å². The monoisotopic (exact) mass is 333 g/mol. The number of hydrogen-bond donors (Lipinski definition) is 2. The number of benzene rings is 1. The Morgan fingerprint density at radius 2 is 1.96 bits per heavy atom. The number of nitrogens with zero attached hydrogens (tertiary/aromatic N) is 1. The maximum absolute atomic E-state index is 12.9. The lowest BCUT2D eigenvalue weighted by molar-refractivity contribution is 0.216. The third-order valence-corrected chi connectivity index (χ3v) is 4.26. The van der Waals surface area contributed by atoms with Gasteiger partial charge in [-0.3, -0.25) is 4.90 Å². The predicted octanol–water partition coefficient (Wildman–Crippen LogP) is 3.54. The number of nitrogens with one attached hydrogen (secondary N) is 2. The standard InChI is InChI=1S/C17H20FN3OS/c18-13-5-7-14(8-6-13)20-17(23)19-12-15(16-4-3-11-22-16)21-9-1-2-10-21/h3-8,11,15H,1-2,9-10,12H2,(H2,19,20,23). The van der Waals surface area contributed by atoms with Crippen molar-refractivity contribution in [2.45, 2.75) is 18.9 Å². The smallest absolute Gasteiger partial charge is 0.170 e. The van der Waals surface area contributed by atoms with E-state index in [9.17, 15) is 4.39 Å². The first-order valence-corrected chi connectivity index (χ1v) is 8.21. The molecule has 1 aliphatic rings. The van der Waals surface area contributed by atoms with Crippen LogP contribution in [-0.4, -0.2) is 29.6 Å². The fourth-order valence-corrected chi connectivity index (χ4v) is 3.04. The summed E-state index contributed by atoms with van der Waals surface area (Å²) in [5.74, 6) is 0.685. The zero-order valence-electron chi connectivity index (χ0n) is 12.8. The van der Waals surface area contributed by atoms with Gasteiger partial charge in [-0.15, -0.1) is 0 Å². The summed E-state index contributed by atoms with van der Waals surface area (Å²) in [6.45, 7) is 2.82. The minimum atomic E-state index is -0.263. The molecular formula is C17H20FN3OS. The van der Waals surface area contributed by atoms with E-state index in [2.05, 4.69) is 15.5 Å². The Hall–Kier alpha value is -1.92. The quantitative estimate of drug-likeness (QED) is 0.819. The van der Waals surface area contributed by atoms with Gasteiger partial charge in [0.1, 0.15) is 11.6 Å². The van der Waals surface area contributed by atoms with Crippen LogP contribution in [0.4, 0.5) is 10.1 Å². The summed E-state index contributed by atoms with van der Waals surface area (Å²) >= 11 is 5.33. The average Bonchev–Trinajstić information content (AvgIpc) is 3.24. The Morgan fingerprint density at radius 1 is 1.22 bits per heavy atom. The summed E-state index contributed by atoms with van der Waals surface area (Å²) in [7, 11) is 0. The van der Waals surface area contributed by atoms with Gasteiger partial charge in [0, 0.05) is 12.2 Å². The van der Waals surface area contributed by atoms with Gasteiger partial charge in [0.05, 0.1) is 12.3 Å². The van der Waals surface area contributed by atoms with E-state index in [0.717, 1.165) is 24.5 Å². The molecule has 0 spiro atoms. The maximum atomic E-state index is 12.9. The van der Waals surface area contributed by atoms with E-state index in [1.807, 2.05) is 12.1 Å². The van der Waals surface area contributed by atoms with Crippen molar-refractivity contribution < 1.29 is 8.81 Å². The molecule has 0 aliphatic carbocycles. The van der Waals surface area contributed by atoms with E-state index in [1.54, 1.807) is 18.4 Å². The highest BCUT2D eigenvalue weighted by Crippen LogP contribution is 2.24. The van der Waals surface area contributed by atoms with Gasteiger partial charge < -0.3 is 15.1 Å². The molecule has 1 atom stereocenters. The van der Waals surface area contributed by atoms with Gasteiger partial charge in [-0.2, -0.15) is 0 Å². The summed E-state index contributed by atoms with van der Waals surface area (Å²) in [6.07, 6.45) is 4.14. The van der Waals surface area contributed by atoms with E-state index in [4.69, 9.17) is 16.6 Å². The number of halogens is 1. The first-order chi connectivity index (χ1) is 11.2. The Labute approximate surface area is 140 Å². The van der Waals surface area contributed by atoms with E-state index >= 15 is 0 Å². The molecule has 2 N–H and O–H groups in total. The molecule has 1 aromatic heterocycles. The molecule has 1 aromatic carbocycles. The van der Waals surface area contributed by atoms with Crippen molar-refractivity contribution in [3.05, 3.63) is 54.2 Å². The van der Waals surface area contributed by atoms with Crippen molar-refractivity contribution in [1.29, 1.82) is 0 Å². The normalized spacial score (nSPS) is 16.2. The molecular weight excluding hydrogens is 313 g/mol. The molecule has 1 aliphatic heterocycles. The van der Waals surface area contributed by atoms with Crippen LogP contribution in [0.25, 0.3) is 0 Å². The molecule has 0 saturated carbocycles. The van der Waals surface area contributed by atoms with Crippen LogP contribution >= 0.6 is 12.2 Å². The van der Waals surface area contributed by atoms with Crippen molar-refractivity contribution in [3.63, 3.8) is 0 Å². The minimum Gasteiger partial charge on any atom is -0.468 e. The molecule has 1 fully saturated rings. The highest BCUT2D eigenvalue weighted by molar-refractivity contribution is 7.80. The van der Waals surface area contributed by atoms with Crippen LogP contribution in [0.5, 0.6) is 0 Å². The zero-order chi connectivity index (χ0) is 16.1. The lowest BCUT2D eigenvalue weighted by Gasteiger charge is -2.26. The number of likely N-dealkylation sites (tertiary alicyclic amines) is 1. The summed E-state index contributed by atoms with van der Waals surface area (Å²) in [4.78, 5) is 2.41. The lowest BCUT2D eigenvalue weighted by atomic mass is 10.2. The molecule has 1 saturated heterocycles. The Balaban J connectivity index is 1.57. The lowest BCUT2D eigenvalue weighted by Crippen LogP contribution is -2.38. The van der Waals surface area contributed by atoms with Crippen molar-refractivity contribution in [3.8, 4) is 0 Å². The Morgan fingerprint density at radius 3 is 2.61 bits per heavy atom. The number of furan rings is 1. The highest BCUT2D eigenvalue weighted by Gasteiger charge is 2.25. The molecule has 4 nitrogen and oxygen atoms in total. The number of rotatable bonds is 5. The van der Waals surface area contributed by atoms with E-state index < -0.39 is 0 Å². The van der Waals surface area contributed by atoms with E-state index in [0.29, 0.717) is 11.7 Å². The molecule has 23 heavy (non-hydrogen) atoms. The van der Waals surface area contributed by atoms with Gasteiger partial charge in [0.2, 0.25) is 0 Å². The van der Waals surface area contributed by atoms with Crippen LogP contribution in [0.15, 0.2) is 47.1 Å². The highest BCUT2D eigenvalue weighted by atomic mass is 32.1. The van der Waals surface area contributed by atoms with Crippen LogP contribution in [0.2, 0.25) is 0 Å². The molecule has 0 amide bonds. The predicted molar refractivity (Wildman–Crippen MR) is 92.9 cm³/mol. The summed E-state index contributed by atoms with van der Waals surface area (Å²) in [6, 6.07) is 10.2. The Bertz CT molecular complexity index is 624. The van der Waals surface area contributed by atoms with Gasteiger partial charge in [-0.05, 0) is 74.5 Å². The third kappa shape index (κ3) is 4.30. The van der Waals surface area contributed by atoms with Crippen molar-refractivity contribution in [2.24, 2.45) is 0 Å². The van der Waals surface area contributed by atoms with Crippen LogP contribution < -0.4 is 10.6 Å². The molecule has 0 radical (unpaired) electrons. The largest absolute Gasteiger partial charge is 0.468 e. The second-order valence-corrected chi connectivity index (χ2v) is 6.02. The zero-order valence-corrected chi connectivity index (χ0v) is 13.6. The third-order valence-electron chi connectivity index (χ3n) is 4.01. The van der Waals surface area contributed by atoms with Gasteiger partial charge in [-0.25, -0.2) is 4.39 Å². The molecule has 3 rings (SSSR count). The van der Waals surface area contributed by atoms with Crippen LogP contribution in [0.1, 0.15) is 24.6 Å². The summed E-state index contributed by atoms with van der Waals surface area (Å²) in [5.41, 5.74) is 0.764. The second-order valence-electron chi connectivity index (χ2n) is 5.62. The molecule has 6 heteroatoms. The maximum Gasteiger partial charge on any atom is 0.170 e. The number of hydrogen-bond acceptors (Lipinski definition) is 3. The first-order valence-electron chi connectivity index (χ1n) is 7.80. The average molecular weight is 333 g/mol. The molecule has 0 bridgehead atoms. The van der Waals surface area contributed by atoms with Crippen molar-refractivity contribution >= 4 is 23.0 Å². The first kappa shape index (κ1) is 16.0. The minimum absolute atomic E-state index is 0.167. The topological polar surface area (TPSA) is 40.4 Å². The van der Waals surface area contributed by atoms with Crippen molar-refractivity contribution in [2.75, 3.05) is 25.0 Å². The summed E-state index contributed by atoms with van der Waals surface area (Å²) in [5, 5.41) is 6.82. The molecule has 2 aromatic rings. The molecule has 1 unspecified atom stereocenters. The van der Waals surface area contributed by atoms with Crippen LogP contribution in [0.3, 0.4) is 0 Å². The van der Waals surface area contributed by atoms with Crippen molar-refractivity contribution in [1.82, 2.24) is 10.2 Å². The number of anilines is 1. The van der Waals surface area contributed by atoms with Gasteiger partial charge in [0.15, 0.2) is 5.11 Å². The fourth-order valence-electron chi connectivity index (χ4n) is 2.84. The van der Waals surface area contributed by atoms with Gasteiger partial charge in [0.25, 0.3) is 0 Å². The van der Waals surface area contributed by atoms with Crippen LogP contribution in [-0.2, 0) is 0 Å². The molecule has 122 valence electrons. The molecule has 2 heterocycles. The SMILES string of the molecule is Fc1ccc(NC(=S)NCC(c2ccco2)N2CCCC2)cc1. The van der Waals surface area contributed by atoms with Gasteiger partial charge >= 0.3 is 0 Å².